The minimum atomic E-state index is -0.579. The van der Waals surface area contributed by atoms with E-state index in [1.165, 1.54) is 12.1 Å². The summed E-state index contributed by atoms with van der Waals surface area (Å²) in [7, 11) is 0. The van der Waals surface area contributed by atoms with Gasteiger partial charge in [0.05, 0.1) is 24.1 Å². The quantitative estimate of drug-likeness (QED) is 0.479. The fraction of sp³-hybridized carbons (Fsp3) is 0.105. The topological polar surface area (TPSA) is 92.5 Å². The average Bonchev–Trinajstić information content (AvgIpc) is 3.07. The van der Waals surface area contributed by atoms with Crippen molar-refractivity contribution in [2.45, 2.75) is 13.0 Å². The normalized spacial score (nSPS) is 12.3. The van der Waals surface area contributed by atoms with E-state index < -0.39 is 5.82 Å². The van der Waals surface area contributed by atoms with Crippen LogP contribution in [-0.4, -0.2) is 19.9 Å². The Hall–Kier alpha value is -3.55. The fourth-order valence-corrected chi connectivity index (χ4v) is 2.84. The maximum Gasteiger partial charge on any atom is 0.183 e. The number of nitrogen functional groups attached to an aromatic ring is 1. The number of nitrogens with two attached hydrogens (primary N) is 1. The number of nitrogens with zero attached hydrogens (tertiary/aromatic N) is 3. The maximum absolute atomic E-state index is 14.2. The maximum atomic E-state index is 14.2. The van der Waals surface area contributed by atoms with Crippen LogP contribution in [0.25, 0.3) is 22.4 Å². The first-order chi connectivity index (χ1) is 13.0. The summed E-state index contributed by atoms with van der Waals surface area (Å²) in [6.45, 7) is 1.84. The van der Waals surface area contributed by atoms with Crippen molar-refractivity contribution >= 4 is 22.5 Å². The number of H-pyrrole nitrogens is 1. The number of aromatic amines is 1. The van der Waals surface area contributed by atoms with E-state index in [4.69, 9.17) is 5.73 Å². The molecular weight excluding hydrogens is 350 g/mol. The second kappa shape index (κ2) is 6.64. The molecule has 4 rings (SSSR count). The number of aromatic nitrogens is 4. The molecular formula is C19H22F2N6. The minimum absolute atomic E-state index is 0. The Kier molecular flexibility index (Phi) is 4.15. The lowest BCUT2D eigenvalue weighted by Crippen LogP contribution is -2.10. The third-order valence-corrected chi connectivity index (χ3v) is 4.26. The highest BCUT2D eigenvalue weighted by Gasteiger charge is 2.15. The van der Waals surface area contributed by atoms with Gasteiger partial charge in [-0.2, -0.15) is 0 Å². The van der Waals surface area contributed by atoms with Crippen molar-refractivity contribution < 1.29 is 13.1 Å². The first kappa shape index (κ1) is 16.9. The lowest BCUT2D eigenvalue weighted by molar-refractivity contribution is 0.613. The van der Waals surface area contributed by atoms with Crippen LogP contribution in [-0.2, 0) is 0 Å². The summed E-state index contributed by atoms with van der Waals surface area (Å²) in [5.41, 5.74) is 8.43. The van der Waals surface area contributed by atoms with Gasteiger partial charge in [0.25, 0.3) is 0 Å². The Morgan fingerprint density at radius 1 is 1.15 bits per heavy atom. The van der Waals surface area contributed by atoms with Gasteiger partial charge in [-0.1, -0.05) is 12.1 Å². The van der Waals surface area contributed by atoms with Gasteiger partial charge < -0.3 is 16.0 Å². The molecule has 4 aromatic rings. The Labute approximate surface area is 158 Å². The standard InChI is InChI=1S/C19H16F2N6.3H2/c1-10(11-2-4-12(20)5-3-11)26-19-16(21)9-25-18(27-19)15-8-24-17-14(15)6-13(22)7-23-17;;;/h2-10H,22H2,1H3,(H,23,24)(H,25,26,27);3*1H/t10-;;;/m0.../s1. The van der Waals surface area contributed by atoms with Crippen LogP contribution in [0.5, 0.6) is 0 Å². The third kappa shape index (κ3) is 3.29. The third-order valence-electron chi connectivity index (χ3n) is 4.26. The van der Waals surface area contributed by atoms with Gasteiger partial charge in [0.2, 0.25) is 0 Å². The molecule has 0 aliphatic rings. The summed E-state index contributed by atoms with van der Waals surface area (Å²) in [6.07, 6.45) is 4.36. The predicted molar refractivity (Wildman–Crippen MR) is 106 cm³/mol. The molecule has 142 valence electrons. The van der Waals surface area contributed by atoms with Crippen molar-refractivity contribution in [1.82, 2.24) is 19.9 Å². The molecule has 0 spiro atoms. The number of nitrogens with one attached hydrogen (secondary N) is 2. The van der Waals surface area contributed by atoms with E-state index in [0.29, 0.717) is 22.7 Å². The zero-order valence-corrected chi connectivity index (χ0v) is 14.4. The molecule has 0 saturated carbocycles. The highest BCUT2D eigenvalue weighted by Crippen LogP contribution is 2.28. The molecule has 1 atom stereocenters. The van der Waals surface area contributed by atoms with E-state index >= 15 is 0 Å². The predicted octanol–water partition coefficient (Wildman–Crippen LogP) is 4.79. The van der Waals surface area contributed by atoms with Crippen LogP contribution in [0.15, 0.2) is 48.9 Å². The molecule has 0 radical (unpaired) electrons. The van der Waals surface area contributed by atoms with Gasteiger partial charge in [0.15, 0.2) is 17.5 Å². The van der Waals surface area contributed by atoms with Crippen LogP contribution in [0, 0.1) is 11.6 Å². The van der Waals surface area contributed by atoms with Crippen LogP contribution in [0.4, 0.5) is 20.3 Å². The van der Waals surface area contributed by atoms with Crippen molar-refractivity contribution in [1.29, 1.82) is 0 Å². The Morgan fingerprint density at radius 2 is 1.93 bits per heavy atom. The van der Waals surface area contributed by atoms with Gasteiger partial charge in [-0.3, -0.25) is 0 Å². The largest absolute Gasteiger partial charge is 0.397 e. The zero-order valence-electron chi connectivity index (χ0n) is 14.4. The number of fused-ring (bicyclic) bond motifs is 1. The molecule has 6 nitrogen and oxygen atoms in total. The molecule has 0 unspecified atom stereocenters. The molecule has 0 amide bonds. The monoisotopic (exact) mass is 372 g/mol. The summed E-state index contributed by atoms with van der Waals surface area (Å²) in [5, 5.41) is 3.76. The van der Waals surface area contributed by atoms with Gasteiger partial charge >= 0.3 is 0 Å². The molecule has 0 bridgehead atoms. The van der Waals surface area contributed by atoms with Crippen molar-refractivity contribution in [3.8, 4) is 11.4 Å². The zero-order chi connectivity index (χ0) is 19.0. The average molecular weight is 372 g/mol. The van der Waals surface area contributed by atoms with E-state index in [1.54, 1.807) is 30.6 Å². The number of anilines is 2. The van der Waals surface area contributed by atoms with Gasteiger partial charge in [-0.15, -0.1) is 0 Å². The lowest BCUT2D eigenvalue weighted by atomic mass is 10.1. The van der Waals surface area contributed by atoms with Gasteiger partial charge in [-0.05, 0) is 30.7 Å². The Balaban J connectivity index is 0.00000150. The van der Waals surface area contributed by atoms with Gasteiger partial charge in [0.1, 0.15) is 11.5 Å². The van der Waals surface area contributed by atoms with E-state index in [0.717, 1.165) is 17.1 Å². The second-order valence-corrected chi connectivity index (χ2v) is 6.17. The summed E-state index contributed by atoms with van der Waals surface area (Å²) < 4.78 is 27.3. The number of halogens is 2. The highest BCUT2D eigenvalue weighted by molar-refractivity contribution is 5.93. The fourth-order valence-electron chi connectivity index (χ4n) is 2.84. The number of hydrogen-bond acceptors (Lipinski definition) is 5. The smallest absolute Gasteiger partial charge is 0.183 e. The highest BCUT2D eigenvalue weighted by atomic mass is 19.1. The molecule has 3 heterocycles. The van der Waals surface area contributed by atoms with Crippen molar-refractivity contribution in [3.05, 3.63) is 66.1 Å². The molecule has 3 aromatic heterocycles. The molecule has 0 fully saturated rings. The first-order valence-electron chi connectivity index (χ1n) is 8.29. The van der Waals surface area contributed by atoms with E-state index in [2.05, 4.69) is 25.3 Å². The van der Waals surface area contributed by atoms with Crippen molar-refractivity contribution in [2.24, 2.45) is 0 Å². The molecule has 0 aliphatic heterocycles. The second-order valence-electron chi connectivity index (χ2n) is 6.17. The summed E-state index contributed by atoms with van der Waals surface area (Å²) >= 11 is 0. The molecule has 27 heavy (non-hydrogen) atoms. The first-order valence-corrected chi connectivity index (χ1v) is 8.29. The molecule has 0 saturated heterocycles. The van der Waals surface area contributed by atoms with Crippen LogP contribution in [0.3, 0.4) is 0 Å². The number of benzene rings is 1. The van der Waals surface area contributed by atoms with Gasteiger partial charge in [-0.25, -0.2) is 23.7 Å². The lowest BCUT2D eigenvalue weighted by Gasteiger charge is -2.15. The molecule has 8 heteroatoms. The number of pyridine rings is 1. The Morgan fingerprint density at radius 3 is 2.70 bits per heavy atom. The molecule has 0 aliphatic carbocycles. The summed E-state index contributed by atoms with van der Waals surface area (Å²) in [4.78, 5) is 15.6. The molecule has 4 N–H and O–H groups in total. The molecule has 1 aromatic carbocycles. The van der Waals surface area contributed by atoms with Crippen LogP contribution < -0.4 is 11.1 Å². The van der Waals surface area contributed by atoms with Gasteiger partial charge in [0, 0.05) is 21.4 Å². The van der Waals surface area contributed by atoms with Crippen LogP contribution in [0.1, 0.15) is 22.8 Å². The van der Waals surface area contributed by atoms with E-state index in [-0.39, 0.29) is 22.0 Å². The van der Waals surface area contributed by atoms with Crippen LogP contribution >= 0.6 is 0 Å². The Bertz CT molecular complexity index is 1120. The van der Waals surface area contributed by atoms with E-state index in [1.807, 2.05) is 6.92 Å². The summed E-state index contributed by atoms with van der Waals surface area (Å²) in [5.74, 6) is -0.509. The van der Waals surface area contributed by atoms with Crippen molar-refractivity contribution in [2.75, 3.05) is 11.1 Å². The van der Waals surface area contributed by atoms with E-state index in [9.17, 15) is 8.78 Å². The number of hydrogen-bond donors (Lipinski definition) is 3. The van der Waals surface area contributed by atoms with Crippen LogP contribution in [0.2, 0.25) is 0 Å². The SMILES string of the molecule is C[C@H](Nc1nc(-c2c[nH]c3ncc(N)cc23)ncc1F)c1ccc(F)cc1.[HH].[HH].[HH]. The minimum Gasteiger partial charge on any atom is -0.397 e. The number of rotatable bonds is 4. The summed E-state index contributed by atoms with van der Waals surface area (Å²) in [6, 6.07) is 7.48. The van der Waals surface area contributed by atoms with Crippen molar-refractivity contribution in [3.63, 3.8) is 0 Å².